The van der Waals surface area contributed by atoms with Crippen molar-refractivity contribution >= 4 is 5.97 Å². The number of unbranched alkanes of at least 4 members (excludes halogenated alkanes) is 6. The number of allylic oxidation sites excluding steroid dienone is 1. The average molecular weight is 379 g/mol. The smallest absolute Gasteiger partial charge is 0.334 e. The average Bonchev–Trinajstić information content (AvgIpc) is 3.24. The normalized spacial score (nSPS) is 19.4. The molecule has 1 aromatic rings. The number of aromatic nitrogens is 1. The van der Waals surface area contributed by atoms with Crippen molar-refractivity contribution in [1.82, 2.24) is 5.16 Å². The molecule has 0 aliphatic carbocycles. The van der Waals surface area contributed by atoms with E-state index < -0.39 is 5.60 Å². The first-order chi connectivity index (χ1) is 13.0. The first-order valence-electron chi connectivity index (χ1n) is 10.1. The number of carbonyl (C=O) groups excluding carboxylic acids is 1. The molecule has 1 unspecified atom stereocenters. The summed E-state index contributed by atoms with van der Waals surface area (Å²) in [5, 5.41) is 13.6. The molecule has 1 aromatic heterocycles. The van der Waals surface area contributed by atoms with E-state index in [0.717, 1.165) is 24.2 Å². The van der Waals surface area contributed by atoms with E-state index in [1.54, 1.807) is 6.07 Å². The Balaban J connectivity index is 1.75. The van der Waals surface area contributed by atoms with Crippen LogP contribution in [0.25, 0.3) is 0 Å². The molecule has 6 heteroatoms. The number of rotatable bonds is 12. The Morgan fingerprint density at radius 3 is 2.56 bits per heavy atom. The van der Waals surface area contributed by atoms with E-state index in [1.165, 1.54) is 38.5 Å². The van der Waals surface area contributed by atoms with Crippen molar-refractivity contribution in [3.05, 3.63) is 23.0 Å². The number of aliphatic hydroxyl groups is 1. The zero-order valence-corrected chi connectivity index (χ0v) is 16.9. The van der Waals surface area contributed by atoms with Crippen LogP contribution in [0, 0.1) is 0 Å². The van der Waals surface area contributed by atoms with Crippen molar-refractivity contribution in [2.45, 2.75) is 84.2 Å². The Kier molecular flexibility index (Phi) is 8.35. The lowest BCUT2D eigenvalue weighted by molar-refractivity contribution is -0.153. The van der Waals surface area contributed by atoms with Gasteiger partial charge in [-0.3, -0.25) is 0 Å². The van der Waals surface area contributed by atoms with Crippen LogP contribution in [0.5, 0.6) is 5.88 Å². The van der Waals surface area contributed by atoms with Crippen molar-refractivity contribution in [2.24, 2.45) is 0 Å². The topological polar surface area (TPSA) is 81.8 Å². The number of aryl methyl sites for hydroxylation is 1. The van der Waals surface area contributed by atoms with Crippen LogP contribution in [0.2, 0.25) is 0 Å². The Labute approximate surface area is 161 Å². The lowest BCUT2D eigenvalue weighted by atomic mass is 9.97. The van der Waals surface area contributed by atoms with Crippen LogP contribution in [-0.2, 0) is 16.0 Å². The molecule has 1 atom stereocenters. The van der Waals surface area contributed by atoms with Crippen LogP contribution < -0.4 is 4.74 Å². The molecule has 1 aliphatic heterocycles. The quantitative estimate of drug-likeness (QED) is 0.330. The maximum Gasteiger partial charge on any atom is 0.334 e. The number of esters is 1. The molecule has 1 N–H and O–H groups in total. The van der Waals surface area contributed by atoms with Crippen LogP contribution >= 0.6 is 0 Å². The molecular formula is C21H33NO5. The van der Waals surface area contributed by atoms with Gasteiger partial charge in [0.2, 0.25) is 0 Å². The zero-order valence-electron chi connectivity index (χ0n) is 16.9. The molecule has 0 radical (unpaired) electrons. The molecule has 0 bridgehead atoms. The second-order valence-electron chi connectivity index (χ2n) is 7.68. The van der Waals surface area contributed by atoms with Crippen LogP contribution in [0.3, 0.4) is 0 Å². The molecule has 0 amide bonds. The van der Waals surface area contributed by atoms with Gasteiger partial charge in [0.25, 0.3) is 5.88 Å². The molecular weight excluding hydrogens is 346 g/mol. The van der Waals surface area contributed by atoms with Crippen molar-refractivity contribution in [3.8, 4) is 5.88 Å². The molecule has 1 fully saturated rings. The van der Waals surface area contributed by atoms with Gasteiger partial charge in [0.05, 0.1) is 6.61 Å². The van der Waals surface area contributed by atoms with Crippen molar-refractivity contribution < 1.29 is 23.9 Å². The summed E-state index contributed by atoms with van der Waals surface area (Å²) in [7, 11) is 0. The van der Waals surface area contributed by atoms with E-state index in [1.807, 2.05) is 13.8 Å². The molecule has 0 spiro atoms. The van der Waals surface area contributed by atoms with Crippen molar-refractivity contribution in [1.29, 1.82) is 0 Å². The van der Waals surface area contributed by atoms with Crippen LogP contribution in [0.15, 0.2) is 21.7 Å². The monoisotopic (exact) mass is 379 g/mol. The zero-order chi connectivity index (χ0) is 19.7. The number of carbonyl (C=O) groups is 1. The van der Waals surface area contributed by atoms with E-state index >= 15 is 0 Å². The van der Waals surface area contributed by atoms with Gasteiger partial charge in [0.1, 0.15) is 12.4 Å². The highest BCUT2D eigenvalue weighted by atomic mass is 16.6. The maximum absolute atomic E-state index is 12.0. The number of aliphatic hydroxyl groups excluding tert-OH is 1. The van der Waals surface area contributed by atoms with Gasteiger partial charge < -0.3 is 19.1 Å². The second kappa shape index (κ2) is 10.5. The van der Waals surface area contributed by atoms with Crippen LogP contribution in [-0.4, -0.2) is 35.0 Å². The third-order valence-electron chi connectivity index (χ3n) is 4.99. The largest absolute Gasteiger partial charge is 0.471 e. The highest BCUT2D eigenvalue weighted by Crippen LogP contribution is 2.33. The van der Waals surface area contributed by atoms with Gasteiger partial charge in [-0.05, 0) is 25.4 Å². The Morgan fingerprint density at radius 1 is 1.22 bits per heavy atom. The fraction of sp³-hybridized carbons (Fsp3) is 0.714. The van der Waals surface area contributed by atoms with Crippen LogP contribution in [0.4, 0.5) is 0 Å². The summed E-state index contributed by atoms with van der Waals surface area (Å²) >= 11 is 0. The Bertz CT molecular complexity index is 632. The van der Waals surface area contributed by atoms with E-state index in [4.69, 9.17) is 14.0 Å². The SMILES string of the molecule is CCCCCCCCCc1cc(OCC2(CO)CC(=C(C)C)C(=O)O2)no1. The number of ether oxygens (including phenoxy) is 2. The number of cyclic esters (lactones) is 1. The third-order valence-corrected chi connectivity index (χ3v) is 4.99. The van der Waals surface area contributed by atoms with E-state index in [2.05, 4.69) is 12.1 Å². The molecule has 1 aliphatic rings. The van der Waals surface area contributed by atoms with Crippen molar-refractivity contribution in [2.75, 3.05) is 13.2 Å². The number of nitrogens with zero attached hydrogens (tertiary/aromatic N) is 1. The number of hydrogen-bond acceptors (Lipinski definition) is 6. The predicted octanol–water partition coefficient (Wildman–Crippen LogP) is 4.36. The molecule has 2 heterocycles. The Hall–Kier alpha value is -1.82. The molecule has 0 aromatic carbocycles. The van der Waals surface area contributed by atoms with Gasteiger partial charge in [-0.15, -0.1) is 0 Å². The molecule has 6 nitrogen and oxygen atoms in total. The molecule has 1 saturated heterocycles. The fourth-order valence-corrected chi connectivity index (χ4v) is 3.23. The summed E-state index contributed by atoms with van der Waals surface area (Å²) in [5.41, 5.74) is 0.461. The summed E-state index contributed by atoms with van der Waals surface area (Å²) < 4.78 is 16.4. The van der Waals surface area contributed by atoms with E-state index in [9.17, 15) is 9.90 Å². The number of hydrogen-bond donors (Lipinski definition) is 1. The Morgan fingerprint density at radius 2 is 1.93 bits per heavy atom. The lowest BCUT2D eigenvalue weighted by Crippen LogP contribution is -2.39. The van der Waals surface area contributed by atoms with Gasteiger partial charge in [-0.25, -0.2) is 4.79 Å². The third kappa shape index (κ3) is 6.38. The minimum atomic E-state index is -1.04. The summed E-state index contributed by atoms with van der Waals surface area (Å²) in [6.07, 6.45) is 9.92. The standard InChI is InChI=1S/C21H33NO5/c1-4-5-6-7-8-9-10-11-17-12-19(22-27-17)25-15-21(14-23)13-18(16(2)3)20(24)26-21/h12,23H,4-11,13-15H2,1-3H3. The molecule has 27 heavy (non-hydrogen) atoms. The van der Waals surface area contributed by atoms with Gasteiger partial charge >= 0.3 is 5.97 Å². The molecule has 2 rings (SSSR count). The first kappa shape index (κ1) is 21.5. The highest BCUT2D eigenvalue weighted by Gasteiger charge is 2.44. The molecule has 0 saturated carbocycles. The first-order valence-corrected chi connectivity index (χ1v) is 10.1. The lowest BCUT2D eigenvalue weighted by Gasteiger charge is -2.23. The maximum atomic E-state index is 12.0. The van der Waals surface area contributed by atoms with Crippen molar-refractivity contribution in [3.63, 3.8) is 0 Å². The summed E-state index contributed by atoms with van der Waals surface area (Å²) in [6, 6.07) is 1.78. The minimum absolute atomic E-state index is 0.0510. The predicted molar refractivity (Wildman–Crippen MR) is 103 cm³/mol. The fourth-order valence-electron chi connectivity index (χ4n) is 3.23. The van der Waals surface area contributed by atoms with Gasteiger partial charge in [0, 0.05) is 24.5 Å². The van der Waals surface area contributed by atoms with Gasteiger partial charge in [0.15, 0.2) is 5.60 Å². The van der Waals surface area contributed by atoms with Crippen LogP contribution in [0.1, 0.15) is 77.9 Å². The van der Waals surface area contributed by atoms with E-state index in [0.29, 0.717) is 17.9 Å². The summed E-state index contributed by atoms with van der Waals surface area (Å²) in [5.74, 6) is 0.778. The second-order valence-corrected chi connectivity index (χ2v) is 7.68. The molecule has 152 valence electrons. The highest BCUT2D eigenvalue weighted by molar-refractivity contribution is 5.92. The van der Waals surface area contributed by atoms with Gasteiger partial charge in [-0.2, -0.15) is 0 Å². The van der Waals surface area contributed by atoms with Gasteiger partial charge in [-0.1, -0.05) is 51.0 Å². The summed E-state index contributed by atoms with van der Waals surface area (Å²) in [6.45, 7) is 5.70. The minimum Gasteiger partial charge on any atom is -0.471 e. The van der Waals surface area contributed by atoms with E-state index in [-0.39, 0.29) is 19.2 Å². The summed E-state index contributed by atoms with van der Waals surface area (Å²) in [4.78, 5) is 12.0.